The third kappa shape index (κ3) is 4.31. The first kappa shape index (κ1) is 19.8. The summed E-state index contributed by atoms with van der Waals surface area (Å²) in [5.41, 5.74) is 0.777. The normalized spacial score (nSPS) is 23.2. The molecule has 0 saturated heterocycles. The quantitative estimate of drug-likeness (QED) is 0.498. The number of nitrogens with zero attached hydrogens (tertiary/aromatic N) is 5. The summed E-state index contributed by atoms with van der Waals surface area (Å²) >= 11 is 0. The summed E-state index contributed by atoms with van der Waals surface area (Å²) in [4.78, 5) is 16.0. The molecule has 0 amide bonds. The summed E-state index contributed by atoms with van der Waals surface area (Å²) in [6.07, 6.45) is 3.54. The number of aromatic nitrogens is 4. The summed E-state index contributed by atoms with van der Waals surface area (Å²) in [6, 6.07) is 0. The SMILES string of the molecule is C=Nc1ncnc2c1ncn2[C@@H]1OC(OC[P@@](C)(=O)C[C@@H](C)CC)C=C1F. The Balaban J connectivity index is 1.70. The van der Waals surface area contributed by atoms with Crippen LogP contribution >= 0.6 is 7.14 Å². The van der Waals surface area contributed by atoms with Crippen molar-refractivity contribution in [1.82, 2.24) is 19.5 Å². The zero-order chi connectivity index (χ0) is 19.6. The first-order valence-electron chi connectivity index (χ1n) is 8.68. The van der Waals surface area contributed by atoms with E-state index in [-0.39, 0.29) is 6.35 Å². The third-order valence-corrected chi connectivity index (χ3v) is 6.53. The van der Waals surface area contributed by atoms with Crippen molar-refractivity contribution in [1.29, 1.82) is 0 Å². The standard InChI is InChI=1S/C17H23FN5O3P/c1-5-11(2)7-27(4,24)10-25-13-6-12(18)17(26-13)23-9-22-14-15(19-3)20-8-21-16(14)23/h6,8-9,11,13,17H,3,5,7,10H2,1-2,4H3/t11-,13?,17+,27-/m0/s1. The number of hydrogen-bond donors (Lipinski definition) is 0. The number of hydrogen-bond acceptors (Lipinski definition) is 7. The second-order valence-electron chi connectivity index (χ2n) is 6.88. The summed E-state index contributed by atoms with van der Waals surface area (Å²) in [7, 11) is -2.48. The summed E-state index contributed by atoms with van der Waals surface area (Å²) < 4.78 is 39.7. The molecule has 1 unspecified atom stereocenters. The van der Waals surface area contributed by atoms with Crippen LogP contribution in [0.5, 0.6) is 0 Å². The lowest BCUT2D eigenvalue weighted by Gasteiger charge is -2.20. The molecule has 0 bridgehead atoms. The maximum atomic E-state index is 14.5. The van der Waals surface area contributed by atoms with Crippen molar-refractivity contribution in [3.05, 3.63) is 24.6 Å². The molecule has 8 nitrogen and oxygen atoms in total. The molecular formula is C17H23FN5O3P. The Morgan fingerprint density at radius 1 is 1.48 bits per heavy atom. The lowest BCUT2D eigenvalue weighted by molar-refractivity contribution is -0.128. The lowest BCUT2D eigenvalue weighted by atomic mass is 10.2. The van der Waals surface area contributed by atoms with Crippen molar-refractivity contribution in [3.63, 3.8) is 0 Å². The van der Waals surface area contributed by atoms with Crippen molar-refractivity contribution in [2.24, 2.45) is 10.9 Å². The molecule has 0 fully saturated rings. The molecule has 10 heteroatoms. The molecule has 0 spiro atoms. The van der Waals surface area contributed by atoms with E-state index < -0.39 is 25.5 Å². The van der Waals surface area contributed by atoms with Crippen LogP contribution < -0.4 is 0 Å². The fourth-order valence-electron chi connectivity index (χ4n) is 2.93. The smallest absolute Gasteiger partial charge is 0.192 e. The van der Waals surface area contributed by atoms with Gasteiger partial charge >= 0.3 is 0 Å². The van der Waals surface area contributed by atoms with Crippen molar-refractivity contribution >= 4 is 30.8 Å². The van der Waals surface area contributed by atoms with Crippen molar-refractivity contribution in [2.45, 2.75) is 32.8 Å². The number of fused-ring (bicyclic) bond motifs is 1. The second-order valence-corrected chi connectivity index (χ2v) is 10.1. The van der Waals surface area contributed by atoms with Crippen molar-refractivity contribution < 1.29 is 18.4 Å². The van der Waals surface area contributed by atoms with Crippen molar-refractivity contribution in [2.75, 3.05) is 19.2 Å². The second kappa shape index (κ2) is 7.96. The molecule has 0 aliphatic carbocycles. The lowest BCUT2D eigenvalue weighted by Crippen LogP contribution is -2.17. The molecule has 3 heterocycles. The van der Waals surface area contributed by atoms with Gasteiger partial charge < -0.3 is 14.0 Å². The molecule has 2 aromatic heterocycles. The number of aliphatic imine (C=N–C) groups is 1. The Morgan fingerprint density at radius 3 is 2.96 bits per heavy atom. The average molecular weight is 395 g/mol. The Kier molecular flexibility index (Phi) is 5.83. The molecular weight excluding hydrogens is 372 g/mol. The summed E-state index contributed by atoms with van der Waals surface area (Å²) in [6.45, 7) is 9.25. The molecule has 0 saturated carbocycles. The van der Waals surface area contributed by atoms with Gasteiger partial charge in [0.15, 0.2) is 35.3 Å². The Bertz CT molecular complexity index is 915. The minimum Gasteiger partial charge on any atom is -0.341 e. The van der Waals surface area contributed by atoms with Gasteiger partial charge in [-0.2, -0.15) is 0 Å². The molecule has 0 N–H and O–H groups in total. The van der Waals surface area contributed by atoms with Crippen LogP contribution in [0.4, 0.5) is 10.2 Å². The van der Waals surface area contributed by atoms with Gasteiger partial charge in [0.05, 0.1) is 6.33 Å². The fourth-order valence-corrected chi connectivity index (χ4v) is 5.07. The van der Waals surface area contributed by atoms with Gasteiger partial charge in [0, 0.05) is 12.2 Å². The van der Waals surface area contributed by atoms with E-state index in [1.807, 2.05) is 0 Å². The first-order valence-corrected chi connectivity index (χ1v) is 11.2. The van der Waals surface area contributed by atoms with Crippen LogP contribution in [0.3, 0.4) is 0 Å². The van der Waals surface area contributed by atoms with Gasteiger partial charge in [-0.25, -0.2) is 24.3 Å². The van der Waals surface area contributed by atoms with Crippen LogP contribution in [-0.4, -0.2) is 51.7 Å². The molecule has 1 aliphatic heterocycles. The third-order valence-electron chi connectivity index (χ3n) is 4.44. The van der Waals surface area contributed by atoms with Crippen LogP contribution in [-0.2, 0) is 14.0 Å². The molecule has 2 aromatic rings. The molecule has 4 atom stereocenters. The van der Waals surface area contributed by atoms with Crippen LogP contribution in [0.1, 0.15) is 26.5 Å². The van der Waals surface area contributed by atoms with Gasteiger partial charge in [-0.3, -0.25) is 4.57 Å². The summed E-state index contributed by atoms with van der Waals surface area (Å²) in [5, 5.41) is 0. The van der Waals surface area contributed by atoms with E-state index in [0.717, 1.165) is 6.42 Å². The van der Waals surface area contributed by atoms with E-state index in [9.17, 15) is 8.96 Å². The molecule has 0 aromatic carbocycles. The average Bonchev–Trinajstić information content (AvgIpc) is 3.22. The monoisotopic (exact) mass is 395 g/mol. The van der Waals surface area contributed by atoms with Crippen LogP contribution in [0, 0.1) is 5.92 Å². The number of rotatable bonds is 8. The van der Waals surface area contributed by atoms with Crippen LogP contribution in [0.25, 0.3) is 11.2 Å². The number of ether oxygens (including phenoxy) is 2. The highest BCUT2D eigenvalue weighted by molar-refractivity contribution is 7.62. The predicted molar refractivity (Wildman–Crippen MR) is 101 cm³/mol. The zero-order valence-electron chi connectivity index (χ0n) is 15.6. The van der Waals surface area contributed by atoms with E-state index in [2.05, 4.69) is 40.5 Å². The van der Waals surface area contributed by atoms with Crippen molar-refractivity contribution in [3.8, 4) is 0 Å². The van der Waals surface area contributed by atoms with Crippen LogP contribution in [0.2, 0.25) is 0 Å². The zero-order valence-corrected chi connectivity index (χ0v) is 16.5. The van der Waals surface area contributed by atoms with Gasteiger partial charge in [0.25, 0.3) is 0 Å². The molecule has 1 aliphatic rings. The molecule has 0 radical (unpaired) electrons. The maximum absolute atomic E-state index is 14.5. The Labute approximate surface area is 156 Å². The fraction of sp³-hybridized carbons (Fsp3) is 0.529. The molecule has 3 rings (SSSR count). The van der Waals surface area contributed by atoms with Gasteiger partial charge in [0.1, 0.15) is 19.8 Å². The first-order chi connectivity index (χ1) is 12.8. The Hall–Kier alpha value is -1.96. The van der Waals surface area contributed by atoms with Gasteiger partial charge in [-0.05, 0) is 19.3 Å². The Morgan fingerprint density at radius 2 is 2.26 bits per heavy atom. The van der Waals surface area contributed by atoms with Gasteiger partial charge in [-0.1, -0.05) is 20.3 Å². The van der Waals surface area contributed by atoms with Crippen LogP contribution in [0.15, 0.2) is 29.5 Å². The molecule has 146 valence electrons. The van der Waals surface area contributed by atoms with E-state index in [1.54, 1.807) is 6.66 Å². The van der Waals surface area contributed by atoms with E-state index in [0.29, 0.717) is 29.1 Å². The summed E-state index contributed by atoms with van der Waals surface area (Å²) in [5.74, 6) is 0.128. The number of halogens is 1. The number of imidazole rings is 1. The topological polar surface area (TPSA) is 91.5 Å². The largest absolute Gasteiger partial charge is 0.341 e. The van der Waals surface area contributed by atoms with E-state index >= 15 is 0 Å². The minimum absolute atomic E-state index is 0.0376. The van der Waals surface area contributed by atoms with E-state index in [1.165, 1.54) is 23.3 Å². The highest BCUT2D eigenvalue weighted by Crippen LogP contribution is 2.44. The minimum atomic E-state index is -2.48. The van der Waals surface area contributed by atoms with Gasteiger partial charge in [0.2, 0.25) is 0 Å². The maximum Gasteiger partial charge on any atom is 0.192 e. The van der Waals surface area contributed by atoms with E-state index in [4.69, 9.17) is 9.47 Å². The molecule has 27 heavy (non-hydrogen) atoms. The highest BCUT2D eigenvalue weighted by Gasteiger charge is 2.32. The van der Waals surface area contributed by atoms with Gasteiger partial charge in [-0.15, -0.1) is 0 Å². The highest BCUT2D eigenvalue weighted by atomic mass is 31.2. The predicted octanol–water partition coefficient (Wildman–Crippen LogP) is 3.88.